The lowest BCUT2D eigenvalue weighted by Crippen LogP contribution is -2.30. The molecule has 0 radical (unpaired) electrons. The highest BCUT2D eigenvalue weighted by Crippen LogP contribution is 2.19. The van der Waals surface area contributed by atoms with Gasteiger partial charge in [0.05, 0.1) is 0 Å². The van der Waals surface area contributed by atoms with E-state index in [4.69, 9.17) is 14.2 Å². The van der Waals surface area contributed by atoms with E-state index in [0.29, 0.717) is 19.3 Å². The van der Waals surface area contributed by atoms with Crippen LogP contribution in [0, 0.1) is 0 Å². The van der Waals surface area contributed by atoms with Crippen molar-refractivity contribution in [1.29, 1.82) is 0 Å². The second-order valence-corrected chi connectivity index (χ2v) is 22.8. The topological polar surface area (TPSA) is 78.9 Å². The maximum absolute atomic E-state index is 12.9. The van der Waals surface area contributed by atoms with Gasteiger partial charge in [-0.1, -0.05) is 348 Å². The smallest absolute Gasteiger partial charge is 0.306 e. The summed E-state index contributed by atoms with van der Waals surface area (Å²) in [6.45, 7) is 6.70. The standard InChI is InChI=1S/C66H128O6/c1-4-7-10-13-16-19-21-23-25-27-28-29-30-31-32-33-34-35-36-37-38-39-41-42-44-47-50-53-56-59-65(68)71-62-63(61-70-64(67)58-55-52-49-46-18-15-12-9-6-3)72-66(69)60-57-54-51-48-45-43-40-26-24-22-20-17-14-11-8-5-2/h63H,4-62H2,1-3H3. The third-order valence-electron chi connectivity index (χ3n) is 15.4. The number of hydrogen-bond donors (Lipinski definition) is 0. The first kappa shape index (κ1) is 70.4. The lowest BCUT2D eigenvalue weighted by Gasteiger charge is -2.18. The van der Waals surface area contributed by atoms with E-state index in [-0.39, 0.29) is 31.1 Å². The van der Waals surface area contributed by atoms with E-state index in [1.54, 1.807) is 0 Å². The predicted molar refractivity (Wildman–Crippen MR) is 312 cm³/mol. The molecule has 0 fully saturated rings. The van der Waals surface area contributed by atoms with Gasteiger partial charge in [0.1, 0.15) is 13.2 Å². The molecule has 0 aliphatic carbocycles. The van der Waals surface area contributed by atoms with E-state index in [2.05, 4.69) is 20.8 Å². The van der Waals surface area contributed by atoms with Gasteiger partial charge in [0.15, 0.2) is 6.10 Å². The summed E-state index contributed by atoms with van der Waals surface area (Å²) in [5.74, 6) is -0.832. The first-order valence-corrected chi connectivity index (χ1v) is 33.0. The zero-order chi connectivity index (χ0) is 52.2. The molecule has 6 heteroatoms. The van der Waals surface area contributed by atoms with Crippen LogP contribution >= 0.6 is 0 Å². The molecule has 0 aliphatic rings. The van der Waals surface area contributed by atoms with E-state index in [9.17, 15) is 14.4 Å². The van der Waals surface area contributed by atoms with E-state index in [1.165, 1.54) is 289 Å². The van der Waals surface area contributed by atoms with Crippen LogP contribution in [-0.2, 0) is 28.6 Å². The summed E-state index contributed by atoms with van der Waals surface area (Å²) in [6, 6.07) is 0. The molecule has 0 spiro atoms. The number of carbonyl (C=O) groups is 3. The maximum Gasteiger partial charge on any atom is 0.306 e. The summed E-state index contributed by atoms with van der Waals surface area (Å²) < 4.78 is 16.9. The van der Waals surface area contributed by atoms with Gasteiger partial charge in [-0.3, -0.25) is 14.4 Å². The van der Waals surface area contributed by atoms with Crippen LogP contribution in [0.15, 0.2) is 0 Å². The fourth-order valence-corrected chi connectivity index (χ4v) is 10.4. The molecule has 0 N–H and O–H groups in total. The van der Waals surface area contributed by atoms with Crippen molar-refractivity contribution in [2.24, 2.45) is 0 Å². The zero-order valence-electron chi connectivity index (χ0n) is 49.2. The molecule has 0 saturated heterocycles. The summed E-state index contributed by atoms with van der Waals surface area (Å²) in [6.07, 6.45) is 71.4. The summed E-state index contributed by atoms with van der Waals surface area (Å²) in [7, 11) is 0. The van der Waals surface area contributed by atoms with E-state index in [1.807, 2.05) is 0 Å². The molecule has 72 heavy (non-hydrogen) atoms. The SMILES string of the molecule is CCCCCCCCCCCCCCCCCCCCCCCCCCCCCCCC(=O)OCC(COC(=O)CCCCCCCCCCC)OC(=O)CCCCCCCCCCCCCCCCCC. The molecule has 0 bridgehead atoms. The number of hydrogen-bond acceptors (Lipinski definition) is 6. The van der Waals surface area contributed by atoms with Crippen LogP contribution in [0.4, 0.5) is 0 Å². The Kier molecular flexibility index (Phi) is 60.6. The average molecular weight is 1020 g/mol. The fraction of sp³-hybridized carbons (Fsp3) is 0.955. The van der Waals surface area contributed by atoms with Gasteiger partial charge in [0.25, 0.3) is 0 Å². The first-order chi connectivity index (χ1) is 35.5. The fourth-order valence-electron chi connectivity index (χ4n) is 10.4. The summed E-state index contributed by atoms with van der Waals surface area (Å²) >= 11 is 0. The van der Waals surface area contributed by atoms with Gasteiger partial charge in [-0.05, 0) is 19.3 Å². The van der Waals surface area contributed by atoms with Crippen molar-refractivity contribution in [3.63, 3.8) is 0 Å². The molecule has 0 aromatic heterocycles. The number of ether oxygens (including phenoxy) is 3. The van der Waals surface area contributed by atoms with Gasteiger partial charge >= 0.3 is 17.9 Å². The summed E-state index contributed by atoms with van der Waals surface area (Å²) in [5, 5.41) is 0. The molecule has 1 unspecified atom stereocenters. The minimum Gasteiger partial charge on any atom is -0.462 e. The maximum atomic E-state index is 12.9. The van der Waals surface area contributed by atoms with Crippen molar-refractivity contribution in [2.75, 3.05) is 13.2 Å². The van der Waals surface area contributed by atoms with E-state index in [0.717, 1.165) is 57.8 Å². The Hall–Kier alpha value is -1.59. The summed E-state index contributed by atoms with van der Waals surface area (Å²) in [4.78, 5) is 38.1. The Morgan fingerprint density at radius 3 is 0.556 bits per heavy atom. The van der Waals surface area contributed by atoms with Crippen LogP contribution in [0.5, 0.6) is 0 Å². The van der Waals surface area contributed by atoms with Gasteiger partial charge in [0.2, 0.25) is 0 Å². The Morgan fingerprint density at radius 1 is 0.222 bits per heavy atom. The largest absolute Gasteiger partial charge is 0.462 e. The molecule has 0 aromatic carbocycles. The number of esters is 3. The van der Waals surface area contributed by atoms with Gasteiger partial charge in [-0.25, -0.2) is 0 Å². The van der Waals surface area contributed by atoms with Crippen molar-refractivity contribution >= 4 is 17.9 Å². The highest BCUT2D eigenvalue weighted by atomic mass is 16.6. The molecule has 1 atom stereocenters. The van der Waals surface area contributed by atoms with Crippen molar-refractivity contribution in [3.8, 4) is 0 Å². The molecule has 0 aliphatic heterocycles. The molecule has 0 amide bonds. The molecular formula is C66H128O6. The normalized spacial score (nSPS) is 11.9. The van der Waals surface area contributed by atoms with Crippen LogP contribution in [-0.4, -0.2) is 37.2 Å². The Morgan fingerprint density at radius 2 is 0.375 bits per heavy atom. The highest BCUT2D eigenvalue weighted by Gasteiger charge is 2.19. The highest BCUT2D eigenvalue weighted by molar-refractivity contribution is 5.71. The lowest BCUT2D eigenvalue weighted by molar-refractivity contribution is -0.167. The van der Waals surface area contributed by atoms with Crippen LogP contribution in [0.25, 0.3) is 0 Å². The van der Waals surface area contributed by atoms with Gasteiger partial charge < -0.3 is 14.2 Å². The second kappa shape index (κ2) is 62.0. The first-order valence-electron chi connectivity index (χ1n) is 33.0. The minimum atomic E-state index is -0.761. The van der Waals surface area contributed by atoms with Crippen molar-refractivity contribution in [1.82, 2.24) is 0 Å². The van der Waals surface area contributed by atoms with E-state index >= 15 is 0 Å². The molecule has 6 nitrogen and oxygen atoms in total. The molecule has 0 heterocycles. The Labute approximate surface area is 450 Å². The lowest BCUT2D eigenvalue weighted by atomic mass is 10.0. The monoisotopic (exact) mass is 1020 g/mol. The molecule has 0 saturated carbocycles. The molecule has 0 aromatic rings. The predicted octanol–water partition coefficient (Wildman–Crippen LogP) is 22.3. The molecular weight excluding hydrogens is 889 g/mol. The van der Waals surface area contributed by atoms with Crippen molar-refractivity contribution in [3.05, 3.63) is 0 Å². The Bertz CT molecular complexity index is 1080. The van der Waals surface area contributed by atoms with Crippen LogP contribution in [0.1, 0.15) is 387 Å². The van der Waals surface area contributed by atoms with Crippen LogP contribution in [0.3, 0.4) is 0 Å². The number of rotatable bonds is 62. The van der Waals surface area contributed by atoms with Crippen LogP contribution in [0.2, 0.25) is 0 Å². The second-order valence-electron chi connectivity index (χ2n) is 22.8. The quantitative estimate of drug-likeness (QED) is 0.0343. The third-order valence-corrected chi connectivity index (χ3v) is 15.4. The van der Waals surface area contributed by atoms with Crippen LogP contribution < -0.4 is 0 Å². The molecule has 428 valence electrons. The summed E-state index contributed by atoms with van der Waals surface area (Å²) in [5.41, 5.74) is 0. The third kappa shape index (κ3) is 59.3. The van der Waals surface area contributed by atoms with Crippen molar-refractivity contribution in [2.45, 2.75) is 393 Å². The number of carbonyl (C=O) groups excluding carboxylic acids is 3. The zero-order valence-corrected chi connectivity index (χ0v) is 49.2. The molecule has 0 rings (SSSR count). The van der Waals surface area contributed by atoms with Gasteiger partial charge in [-0.2, -0.15) is 0 Å². The van der Waals surface area contributed by atoms with E-state index < -0.39 is 6.10 Å². The number of unbranched alkanes of at least 4 members (excludes halogenated alkanes) is 51. The Balaban J connectivity index is 4.03. The van der Waals surface area contributed by atoms with Gasteiger partial charge in [-0.15, -0.1) is 0 Å². The van der Waals surface area contributed by atoms with Gasteiger partial charge in [0, 0.05) is 19.3 Å². The average Bonchev–Trinajstić information content (AvgIpc) is 3.38. The van der Waals surface area contributed by atoms with Crippen molar-refractivity contribution < 1.29 is 28.6 Å². The minimum absolute atomic E-state index is 0.0611.